The van der Waals surface area contributed by atoms with Crippen LogP contribution in [0.15, 0.2) is 24.3 Å². The summed E-state index contributed by atoms with van der Waals surface area (Å²) in [4.78, 5) is 4.38. The fraction of sp³-hybridized carbons (Fsp3) is 0.400. The van der Waals surface area contributed by atoms with Crippen LogP contribution in [0, 0.1) is 12.8 Å². The maximum Gasteiger partial charge on any atom is 0.132 e. The molecule has 0 amide bonds. The monoisotopic (exact) mass is 262 g/mol. The number of pyridine rings is 1. The van der Waals surface area contributed by atoms with E-state index in [4.69, 9.17) is 17.3 Å². The van der Waals surface area contributed by atoms with Gasteiger partial charge in [0, 0.05) is 5.39 Å². The first kappa shape index (κ1) is 13.3. The Morgan fingerprint density at radius 3 is 2.78 bits per heavy atom. The minimum absolute atomic E-state index is 0.559. The van der Waals surface area contributed by atoms with Crippen LogP contribution in [0.1, 0.15) is 24.5 Å². The minimum Gasteiger partial charge on any atom is -0.330 e. The van der Waals surface area contributed by atoms with Crippen molar-refractivity contribution in [3.8, 4) is 0 Å². The molecule has 1 atom stereocenters. The molecule has 2 N–H and O–H groups in total. The molecule has 2 aromatic rings. The number of halogens is 1. The second-order valence-electron chi connectivity index (χ2n) is 4.84. The molecule has 2 nitrogen and oxygen atoms in total. The van der Waals surface area contributed by atoms with Crippen molar-refractivity contribution in [2.24, 2.45) is 11.7 Å². The third-order valence-electron chi connectivity index (χ3n) is 3.44. The van der Waals surface area contributed by atoms with Gasteiger partial charge < -0.3 is 5.73 Å². The summed E-state index contributed by atoms with van der Waals surface area (Å²) in [7, 11) is 0. The van der Waals surface area contributed by atoms with E-state index in [-0.39, 0.29) is 0 Å². The van der Waals surface area contributed by atoms with E-state index in [1.807, 2.05) is 13.0 Å². The van der Waals surface area contributed by atoms with Crippen LogP contribution in [-0.2, 0) is 6.42 Å². The van der Waals surface area contributed by atoms with Crippen molar-refractivity contribution in [1.29, 1.82) is 0 Å². The summed E-state index contributed by atoms with van der Waals surface area (Å²) in [6.45, 7) is 4.91. The van der Waals surface area contributed by atoms with Gasteiger partial charge in [0.2, 0.25) is 0 Å². The SMILES string of the molecule is CCC(CN)Cc1ccc2nc(Cl)c(C)cc2c1. The van der Waals surface area contributed by atoms with Crippen molar-refractivity contribution in [2.45, 2.75) is 26.7 Å². The molecular weight excluding hydrogens is 244 g/mol. The van der Waals surface area contributed by atoms with E-state index in [2.05, 4.69) is 30.1 Å². The highest BCUT2D eigenvalue weighted by molar-refractivity contribution is 6.30. The van der Waals surface area contributed by atoms with E-state index < -0.39 is 0 Å². The van der Waals surface area contributed by atoms with Crippen LogP contribution in [0.3, 0.4) is 0 Å². The number of benzene rings is 1. The third kappa shape index (κ3) is 2.82. The van der Waals surface area contributed by atoms with E-state index in [0.717, 1.165) is 35.9 Å². The van der Waals surface area contributed by atoms with E-state index in [0.29, 0.717) is 11.1 Å². The highest BCUT2D eigenvalue weighted by Gasteiger charge is 2.07. The summed E-state index contributed by atoms with van der Waals surface area (Å²) in [6.07, 6.45) is 2.15. The van der Waals surface area contributed by atoms with Gasteiger partial charge in [-0.1, -0.05) is 31.0 Å². The first-order valence-corrected chi connectivity index (χ1v) is 6.77. The maximum atomic E-state index is 6.03. The van der Waals surface area contributed by atoms with Crippen LogP contribution in [0.25, 0.3) is 10.9 Å². The lowest BCUT2D eigenvalue weighted by Crippen LogP contribution is -2.15. The second kappa shape index (κ2) is 5.68. The van der Waals surface area contributed by atoms with Crippen LogP contribution >= 0.6 is 11.6 Å². The molecule has 0 aliphatic heterocycles. The first-order valence-electron chi connectivity index (χ1n) is 6.40. The normalized spacial score (nSPS) is 12.9. The molecule has 1 heterocycles. The zero-order valence-corrected chi connectivity index (χ0v) is 11.7. The molecule has 0 spiro atoms. The van der Waals surface area contributed by atoms with Crippen LogP contribution < -0.4 is 5.73 Å². The predicted octanol–water partition coefficient (Wildman–Crippen LogP) is 3.72. The first-order chi connectivity index (χ1) is 8.63. The van der Waals surface area contributed by atoms with Gasteiger partial charge in [0.15, 0.2) is 0 Å². The van der Waals surface area contributed by atoms with Crippen molar-refractivity contribution in [2.75, 3.05) is 6.54 Å². The minimum atomic E-state index is 0.559. The Labute approximate surface area is 113 Å². The summed E-state index contributed by atoms with van der Waals surface area (Å²) < 4.78 is 0. The lowest BCUT2D eigenvalue weighted by molar-refractivity contribution is 0.519. The van der Waals surface area contributed by atoms with Gasteiger partial charge in [-0.25, -0.2) is 4.98 Å². The Hall–Kier alpha value is -1.12. The van der Waals surface area contributed by atoms with E-state index >= 15 is 0 Å². The average molecular weight is 263 g/mol. The molecule has 1 unspecified atom stereocenters. The molecule has 3 heteroatoms. The van der Waals surface area contributed by atoms with Gasteiger partial charge in [-0.2, -0.15) is 0 Å². The van der Waals surface area contributed by atoms with Gasteiger partial charge >= 0.3 is 0 Å². The molecule has 0 aliphatic carbocycles. The number of fused-ring (bicyclic) bond motifs is 1. The Balaban J connectivity index is 2.35. The molecule has 0 fully saturated rings. The largest absolute Gasteiger partial charge is 0.330 e. The molecule has 0 bridgehead atoms. The van der Waals surface area contributed by atoms with Crippen molar-refractivity contribution in [3.05, 3.63) is 40.5 Å². The Morgan fingerprint density at radius 2 is 2.11 bits per heavy atom. The molecule has 2 rings (SSSR count). The number of nitrogens with zero attached hydrogens (tertiary/aromatic N) is 1. The number of aromatic nitrogens is 1. The fourth-order valence-corrected chi connectivity index (χ4v) is 2.31. The molecule has 1 aromatic heterocycles. The van der Waals surface area contributed by atoms with E-state index in [9.17, 15) is 0 Å². The lowest BCUT2D eigenvalue weighted by atomic mass is 9.96. The summed E-state index contributed by atoms with van der Waals surface area (Å²) in [5, 5.41) is 1.74. The number of hydrogen-bond donors (Lipinski definition) is 1. The molecule has 0 aliphatic rings. The Kier molecular flexibility index (Phi) is 4.20. The number of hydrogen-bond acceptors (Lipinski definition) is 2. The molecule has 18 heavy (non-hydrogen) atoms. The molecule has 0 radical (unpaired) electrons. The third-order valence-corrected chi connectivity index (χ3v) is 3.83. The zero-order valence-electron chi connectivity index (χ0n) is 10.9. The maximum absolute atomic E-state index is 6.03. The van der Waals surface area contributed by atoms with Crippen molar-refractivity contribution >= 4 is 22.5 Å². The van der Waals surface area contributed by atoms with Crippen LogP contribution in [0.2, 0.25) is 5.15 Å². The van der Waals surface area contributed by atoms with E-state index in [1.165, 1.54) is 5.56 Å². The summed E-state index contributed by atoms with van der Waals surface area (Å²) >= 11 is 6.03. The topological polar surface area (TPSA) is 38.9 Å². The van der Waals surface area contributed by atoms with Crippen LogP contribution in [0.4, 0.5) is 0 Å². The smallest absolute Gasteiger partial charge is 0.132 e. The highest BCUT2D eigenvalue weighted by Crippen LogP contribution is 2.22. The fourth-order valence-electron chi connectivity index (χ4n) is 2.16. The lowest BCUT2D eigenvalue weighted by Gasteiger charge is -2.12. The van der Waals surface area contributed by atoms with Crippen molar-refractivity contribution in [3.63, 3.8) is 0 Å². The summed E-state index contributed by atoms with van der Waals surface area (Å²) in [5.41, 5.74) is 9.05. The highest BCUT2D eigenvalue weighted by atomic mass is 35.5. The number of aryl methyl sites for hydroxylation is 1. The quantitative estimate of drug-likeness (QED) is 0.853. The Morgan fingerprint density at radius 1 is 1.33 bits per heavy atom. The molecule has 1 aromatic carbocycles. The summed E-state index contributed by atoms with van der Waals surface area (Å²) in [5.74, 6) is 0.559. The van der Waals surface area contributed by atoms with Gasteiger partial charge in [0.1, 0.15) is 5.15 Å². The standard InChI is InChI=1S/C15H19ClN2/c1-3-11(9-17)7-12-4-5-14-13(8-12)6-10(2)15(16)18-14/h4-6,8,11H,3,7,9,17H2,1-2H3. The van der Waals surface area contributed by atoms with Crippen molar-refractivity contribution in [1.82, 2.24) is 4.98 Å². The van der Waals surface area contributed by atoms with Gasteiger partial charge in [-0.3, -0.25) is 0 Å². The van der Waals surface area contributed by atoms with Gasteiger partial charge in [0.25, 0.3) is 0 Å². The number of nitrogens with two attached hydrogens (primary N) is 1. The molecule has 96 valence electrons. The van der Waals surface area contributed by atoms with Gasteiger partial charge in [-0.05, 0) is 55.1 Å². The van der Waals surface area contributed by atoms with Crippen LogP contribution in [-0.4, -0.2) is 11.5 Å². The van der Waals surface area contributed by atoms with Gasteiger partial charge in [-0.15, -0.1) is 0 Å². The second-order valence-corrected chi connectivity index (χ2v) is 5.20. The number of rotatable bonds is 4. The molecule has 0 saturated carbocycles. The van der Waals surface area contributed by atoms with Crippen LogP contribution in [0.5, 0.6) is 0 Å². The van der Waals surface area contributed by atoms with Crippen molar-refractivity contribution < 1.29 is 0 Å². The average Bonchev–Trinajstić information content (AvgIpc) is 2.37. The predicted molar refractivity (Wildman–Crippen MR) is 78.0 cm³/mol. The Bertz CT molecular complexity index is 547. The van der Waals surface area contributed by atoms with E-state index in [1.54, 1.807) is 0 Å². The molecular formula is C15H19ClN2. The molecule has 0 saturated heterocycles. The zero-order chi connectivity index (χ0) is 13.1. The summed E-state index contributed by atoms with van der Waals surface area (Å²) in [6, 6.07) is 8.46. The van der Waals surface area contributed by atoms with Gasteiger partial charge in [0.05, 0.1) is 5.52 Å².